The Morgan fingerprint density at radius 1 is 0.923 bits per heavy atom. The lowest BCUT2D eigenvalue weighted by atomic mass is 10.1. The Kier molecular flexibility index (Phi) is 6.66. The number of hydrazone groups is 1. The molecule has 7 heteroatoms. The van der Waals surface area contributed by atoms with E-state index < -0.39 is 6.61 Å². The molecule has 138 valence electrons. The molecule has 0 atom stereocenters. The summed E-state index contributed by atoms with van der Waals surface area (Å²) < 4.78 is 34.1. The van der Waals surface area contributed by atoms with Crippen molar-refractivity contribution in [2.75, 3.05) is 0 Å². The van der Waals surface area contributed by atoms with Gasteiger partial charge < -0.3 is 9.47 Å². The lowest BCUT2D eigenvalue weighted by Gasteiger charge is -2.09. The first-order valence-electron chi connectivity index (χ1n) is 8.01. The Hall–Kier alpha value is -2.96. The van der Waals surface area contributed by atoms with Gasteiger partial charge in [-0.25, -0.2) is 5.43 Å². The molecule has 2 aromatic carbocycles. The maximum absolute atomic E-state index is 12.1. The largest absolute Gasteiger partial charge is 0.491 e. The fraction of sp³-hybridized carbons (Fsp3) is 0.263. The molecule has 0 radical (unpaired) electrons. The minimum Gasteiger partial charge on any atom is -0.491 e. The molecule has 0 aliphatic carbocycles. The van der Waals surface area contributed by atoms with Gasteiger partial charge in [0.25, 0.3) is 5.91 Å². The van der Waals surface area contributed by atoms with Gasteiger partial charge in [0, 0.05) is 5.56 Å². The number of carbonyl (C=O) groups excluding carboxylic acids is 1. The summed E-state index contributed by atoms with van der Waals surface area (Å²) in [6, 6.07) is 12.7. The summed E-state index contributed by atoms with van der Waals surface area (Å²) in [5.74, 6) is 0.379. The number of carbonyl (C=O) groups is 1. The van der Waals surface area contributed by atoms with Gasteiger partial charge in [0.05, 0.1) is 11.8 Å². The molecule has 2 aromatic rings. The molecule has 1 N–H and O–H groups in total. The number of nitrogens with zero attached hydrogens (tertiary/aromatic N) is 1. The van der Waals surface area contributed by atoms with E-state index in [2.05, 4.69) is 15.3 Å². The van der Waals surface area contributed by atoms with Crippen molar-refractivity contribution in [3.8, 4) is 11.5 Å². The summed E-state index contributed by atoms with van der Waals surface area (Å²) >= 11 is 0. The molecule has 26 heavy (non-hydrogen) atoms. The molecule has 0 saturated carbocycles. The summed E-state index contributed by atoms with van der Waals surface area (Å²) in [7, 11) is 0. The zero-order chi connectivity index (χ0) is 19.1. The minimum absolute atomic E-state index is 0.0550. The van der Waals surface area contributed by atoms with Crippen LogP contribution in [0.5, 0.6) is 11.5 Å². The van der Waals surface area contributed by atoms with Gasteiger partial charge >= 0.3 is 6.61 Å². The standard InChI is InChI=1S/C19H20F2N2O3/c1-12(2)25-16-10-6-15(7-11-16)18(24)23-22-13(3)14-4-8-17(9-5-14)26-19(20)21/h4-12,19H,1-3H3,(H,23,24)/b22-13-. The van der Waals surface area contributed by atoms with Crippen LogP contribution in [0.25, 0.3) is 0 Å². The Morgan fingerprint density at radius 2 is 1.42 bits per heavy atom. The van der Waals surface area contributed by atoms with Crippen molar-refractivity contribution in [2.24, 2.45) is 5.10 Å². The first-order chi connectivity index (χ1) is 12.3. The van der Waals surface area contributed by atoms with Gasteiger partial charge in [-0.2, -0.15) is 13.9 Å². The molecule has 0 heterocycles. The van der Waals surface area contributed by atoms with Gasteiger partial charge in [-0.05, 0) is 74.9 Å². The van der Waals surface area contributed by atoms with Crippen LogP contribution in [0, 0.1) is 0 Å². The minimum atomic E-state index is -2.87. The number of ether oxygens (including phenoxy) is 2. The van der Waals surface area contributed by atoms with Crippen molar-refractivity contribution >= 4 is 11.6 Å². The highest BCUT2D eigenvalue weighted by Crippen LogP contribution is 2.16. The van der Waals surface area contributed by atoms with Crippen LogP contribution in [-0.4, -0.2) is 24.3 Å². The lowest BCUT2D eigenvalue weighted by Crippen LogP contribution is -2.19. The maximum Gasteiger partial charge on any atom is 0.387 e. The number of alkyl halides is 2. The van der Waals surface area contributed by atoms with Crippen LogP contribution < -0.4 is 14.9 Å². The molecule has 0 unspecified atom stereocenters. The monoisotopic (exact) mass is 362 g/mol. The zero-order valence-electron chi connectivity index (χ0n) is 14.7. The van der Waals surface area contributed by atoms with Crippen molar-refractivity contribution in [1.29, 1.82) is 0 Å². The topological polar surface area (TPSA) is 59.9 Å². The highest BCUT2D eigenvalue weighted by Gasteiger charge is 2.07. The van der Waals surface area contributed by atoms with Gasteiger partial charge in [-0.15, -0.1) is 0 Å². The molecule has 0 fully saturated rings. The second kappa shape index (κ2) is 8.94. The molecule has 0 aromatic heterocycles. The SMILES string of the molecule is C/C(=N/NC(=O)c1ccc(OC(C)C)cc1)c1ccc(OC(F)F)cc1. The average Bonchev–Trinajstić information content (AvgIpc) is 2.59. The van der Waals surface area contributed by atoms with E-state index in [1.807, 2.05) is 13.8 Å². The van der Waals surface area contributed by atoms with Gasteiger partial charge in [0.2, 0.25) is 0 Å². The predicted octanol–water partition coefficient (Wildman–Crippen LogP) is 4.23. The van der Waals surface area contributed by atoms with E-state index in [0.29, 0.717) is 22.6 Å². The van der Waals surface area contributed by atoms with Crippen LogP contribution in [0.2, 0.25) is 0 Å². The molecular formula is C19H20F2N2O3. The molecule has 0 aliphatic rings. The number of benzene rings is 2. The van der Waals surface area contributed by atoms with Crippen LogP contribution in [0.3, 0.4) is 0 Å². The summed E-state index contributed by atoms with van der Waals surface area (Å²) in [5, 5.41) is 4.03. The number of amides is 1. The van der Waals surface area contributed by atoms with E-state index >= 15 is 0 Å². The Labute approximate surface area is 150 Å². The van der Waals surface area contributed by atoms with Crippen LogP contribution in [-0.2, 0) is 0 Å². The Bertz CT molecular complexity index is 757. The first kappa shape index (κ1) is 19.4. The van der Waals surface area contributed by atoms with Crippen molar-refractivity contribution < 1.29 is 23.0 Å². The molecule has 0 aliphatic heterocycles. The van der Waals surface area contributed by atoms with Crippen molar-refractivity contribution in [1.82, 2.24) is 5.43 Å². The Morgan fingerprint density at radius 3 is 1.92 bits per heavy atom. The van der Waals surface area contributed by atoms with Gasteiger partial charge in [-0.3, -0.25) is 4.79 Å². The van der Waals surface area contributed by atoms with Crippen LogP contribution in [0.1, 0.15) is 36.7 Å². The molecule has 5 nitrogen and oxygen atoms in total. The van der Waals surface area contributed by atoms with E-state index in [-0.39, 0.29) is 17.8 Å². The molecule has 0 spiro atoms. The fourth-order valence-corrected chi connectivity index (χ4v) is 2.10. The quantitative estimate of drug-likeness (QED) is 0.592. The second-order valence-corrected chi connectivity index (χ2v) is 5.73. The fourth-order valence-electron chi connectivity index (χ4n) is 2.10. The first-order valence-corrected chi connectivity index (χ1v) is 8.01. The smallest absolute Gasteiger partial charge is 0.387 e. The highest BCUT2D eigenvalue weighted by molar-refractivity contribution is 6.00. The Balaban J connectivity index is 1.98. The lowest BCUT2D eigenvalue weighted by molar-refractivity contribution is -0.0498. The third kappa shape index (κ3) is 5.84. The molecule has 0 bridgehead atoms. The van der Waals surface area contributed by atoms with Crippen LogP contribution in [0.4, 0.5) is 8.78 Å². The summed E-state index contributed by atoms with van der Waals surface area (Å²) in [6.45, 7) is 2.67. The van der Waals surface area contributed by atoms with Gasteiger partial charge in [0.15, 0.2) is 0 Å². The molecule has 2 rings (SSSR count). The molecular weight excluding hydrogens is 342 g/mol. The van der Waals surface area contributed by atoms with E-state index in [4.69, 9.17) is 4.74 Å². The highest BCUT2D eigenvalue weighted by atomic mass is 19.3. The number of hydrogen-bond donors (Lipinski definition) is 1. The van der Waals surface area contributed by atoms with Gasteiger partial charge in [0.1, 0.15) is 11.5 Å². The number of nitrogens with one attached hydrogen (secondary N) is 1. The number of rotatable bonds is 7. The summed E-state index contributed by atoms with van der Waals surface area (Å²) in [5.41, 5.74) is 4.11. The van der Waals surface area contributed by atoms with Crippen molar-refractivity contribution in [3.63, 3.8) is 0 Å². The number of hydrogen-bond acceptors (Lipinski definition) is 4. The van der Waals surface area contributed by atoms with Crippen molar-refractivity contribution in [3.05, 3.63) is 59.7 Å². The van der Waals surface area contributed by atoms with E-state index in [1.165, 1.54) is 12.1 Å². The molecule has 0 saturated heterocycles. The van der Waals surface area contributed by atoms with Gasteiger partial charge in [-0.1, -0.05) is 0 Å². The van der Waals surface area contributed by atoms with E-state index in [0.717, 1.165) is 0 Å². The normalized spacial score (nSPS) is 11.6. The van der Waals surface area contributed by atoms with E-state index in [1.54, 1.807) is 43.3 Å². The summed E-state index contributed by atoms with van der Waals surface area (Å²) in [4.78, 5) is 12.1. The van der Waals surface area contributed by atoms with E-state index in [9.17, 15) is 13.6 Å². The molecule has 1 amide bonds. The summed E-state index contributed by atoms with van der Waals surface area (Å²) in [6.07, 6.45) is 0.0550. The zero-order valence-corrected chi connectivity index (χ0v) is 14.7. The predicted molar refractivity (Wildman–Crippen MR) is 95.0 cm³/mol. The third-order valence-corrected chi connectivity index (χ3v) is 3.31. The third-order valence-electron chi connectivity index (χ3n) is 3.31. The van der Waals surface area contributed by atoms with Crippen LogP contribution >= 0.6 is 0 Å². The van der Waals surface area contributed by atoms with Crippen molar-refractivity contribution in [2.45, 2.75) is 33.5 Å². The number of halogens is 2. The van der Waals surface area contributed by atoms with Crippen LogP contribution in [0.15, 0.2) is 53.6 Å². The average molecular weight is 362 g/mol. The maximum atomic E-state index is 12.1. The second-order valence-electron chi connectivity index (χ2n) is 5.73.